The van der Waals surface area contributed by atoms with Crippen molar-refractivity contribution >= 4 is 10.9 Å². The fourth-order valence-corrected chi connectivity index (χ4v) is 4.50. The summed E-state index contributed by atoms with van der Waals surface area (Å²) in [7, 11) is 0. The van der Waals surface area contributed by atoms with Crippen molar-refractivity contribution in [3.8, 4) is 0 Å². The molecule has 0 saturated carbocycles. The molecule has 2 N–H and O–H groups in total. The van der Waals surface area contributed by atoms with E-state index >= 15 is 0 Å². The first-order valence-corrected chi connectivity index (χ1v) is 10.5. The number of nitrogens with zero attached hydrogens (tertiary/aromatic N) is 4. The average Bonchev–Trinajstić information content (AvgIpc) is 3.43. The van der Waals surface area contributed by atoms with Gasteiger partial charge in [-0.1, -0.05) is 42.0 Å². The third-order valence-corrected chi connectivity index (χ3v) is 5.99. The van der Waals surface area contributed by atoms with Gasteiger partial charge in [0.05, 0.1) is 25.2 Å². The largest absolute Gasteiger partial charge is 0.322 e. The van der Waals surface area contributed by atoms with Crippen LogP contribution in [-0.2, 0) is 6.54 Å². The Morgan fingerprint density at radius 2 is 1.90 bits per heavy atom. The summed E-state index contributed by atoms with van der Waals surface area (Å²) in [5.41, 5.74) is 3.82. The van der Waals surface area contributed by atoms with Gasteiger partial charge >= 0.3 is 0 Å². The van der Waals surface area contributed by atoms with Crippen LogP contribution in [0, 0.1) is 6.92 Å². The van der Waals surface area contributed by atoms with E-state index in [1.54, 1.807) is 0 Å². The first kappa shape index (κ1) is 18.7. The molecular weight excluding hydrogens is 376 g/mol. The molecule has 0 spiro atoms. The monoisotopic (exact) mass is 401 g/mol. The molecule has 1 fully saturated rings. The molecule has 7 heteroatoms. The zero-order valence-electron chi connectivity index (χ0n) is 17.0. The lowest BCUT2D eigenvalue weighted by atomic mass is 10.0. The summed E-state index contributed by atoms with van der Waals surface area (Å²) in [5, 5.41) is 13.7. The summed E-state index contributed by atoms with van der Waals surface area (Å²) in [6.07, 6.45) is 2.30. The van der Waals surface area contributed by atoms with Crippen molar-refractivity contribution in [1.82, 2.24) is 25.2 Å². The van der Waals surface area contributed by atoms with Crippen LogP contribution in [0.5, 0.6) is 0 Å². The number of likely N-dealkylation sites (tertiary alicyclic amines) is 1. The summed E-state index contributed by atoms with van der Waals surface area (Å²) in [6.45, 7) is 4.66. The predicted molar refractivity (Wildman–Crippen MR) is 114 cm³/mol. The average molecular weight is 401 g/mol. The summed E-state index contributed by atoms with van der Waals surface area (Å²) < 4.78 is 1.84. The number of nitrogens with one attached hydrogen (secondary N) is 2. The number of aromatic nitrogens is 5. The highest BCUT2D eigenvalue weighted by molar-refractivity contribution is 5.79. The second-order valence-corrected chi connectivity index (χ2v) is 8.12. The number of aryl methyl sites for hydroxylation is 1. The number of H-pyrrole nitrogens is 1. The lowest BCUT2D eigenvalue weighted by Gasteiger charge is -2.23. The number of tetrazole rings is 1. The minimum absolute atomic E-state index is 0.0648. The Bertz CT molecular complexity index is 1220. The maximum absolute atomic E-state index is 13.1. The van der Waals surface area contributed by atoms with Crippen LogP contribution >= 0.6 is 0 Å². The zero-order chi connectivity index (χ0) is 20.5. The first-order chi connectivity index (χ1) is 14.7. The standard InChI is InChI=1S/C23H24N6O/c1-16-9-10-20-18(13-16)14-19(23(30)24-20)21(28-11-5-6-12-28)22-25-26-27-29(22)15-17-7-3-2-4-8-17/h2-4,7-10,13-14,21H,5-6,11-12,15H2,1H3,(H,24,30)/p+1/t21-/m1/s1. The van der Waals surface area contributed by atoms with Crippen LogP contribution in [0.3, 0.4) is 0 Å². The van der Waals surface area contributed by atoms with Crippen LogP contribution in [0.15, 0.2) is 59.4 Å². The van der Waals surface area contributed by atoms with Crippen molar-refractivity contribution in [3.63, 3.8) is 0 Å². The summed E-state index contributed by atoms with van der Waals surface area (Å²) in [6, 6.07) is 18.1. The molecule has 7 nitrogen and oxygen atoms in total. The SMILES string of the molecule is Cc1ccc2[nH]c(=O)c([C@H](c3nnnn3Cc3ccccc3)[NH+]3CCCC3)cc2c1. The molecule has 0 radical (unpaired) electrons. The molecule has 3 heterocycles. The van der Waals surface area contributed by atoms with Gasteiger partial charge in [0.25, 0.3) is 5.56 Å². The molecule has 152 valence electrons. The number of rotatable bonds is 5. The number of fused-ring (bicyclic) bond motifs is 1. The van der Waals surface area contributed by atoms with Gasteiger partial charge in [0.15, 0.2) is 6.04 Å². The minimum atomic E-state index is -0.195. The van der Waals surface area contributed by atoms with Crippen LogP contribution < -0.4 is 10.5 Å². The highest BCUT2D eigenvalue weighted by atomic mass is 16.1. The Hall–Kier alpha value is -3.32. The van der Waals surface area contributed by atoms with E-state index < -0.39 is 0 Å². The van der Waals surface area contributed by atoms with Gasteiger partial charge in [-0.05, 0) is 46.5 Å². The molecule has 1 saturated heterocycles. The molecule has 1 aliphatic heterocycles. The van der Waals surface area contributed by atoms with Crippen molar-refractivity contribution in [1.29, 1.82) is 0 Å². The van der Waals surface area contributed by atoms with Crippen LogP contribution in [0.1, 0.15) is 41.4 Å². The smallest absolute Gasteiger partial charge is 0.258 e. The topological polar surface area (TPSA) is 80.9 Å². The maximum atomic E-state index is 13.1. The van der Waals surface area contributed by atoms with E-state index in [0.717, 1.165) is 53.8 Å². The molecular formula is C23H25N6O+. The van der Waals surface area contributed by atoms with Crippen LogP contribution in [0.25, 0.3) is 10.9 Å². The number of hydrogen-bond donors (Lipinski definition) is 2. The molecule has 4 aromatic rings. The number of quaternary nitrogens is 1. The van der Waals surface area contributed by atoms with Crippen molar-refractivity contribution in [2.75, 3.05) is 13.1 Å². The van der Waals surface area contributed by atoms with Gasteiger partial charge in [-0.2, -0.15) is 0 Å². The molecule has 2 aromatic carbocycles. The van der Waals surface area contributed by atoms with Crippen LogP contribution in [0.2, 0.25) is 0 Å². The highest BCUT2D eigenvalue weighted by Crippen LogP contribution is 2.20. The Morgan fingerprint density at radius 1 is 1.10 bits per heavy atom. The Morgan fingerprint density at radius 3 is 2.70 bits per heavy atom. The van der Waals surface area contributed by atoms with Crippen molar-refractivity contribution in [3.05, 3.63) is 87.5 Å². The highest BCUT2D eigenvalue weighted by Gasteiger charge is 2.35. The van der Waals surface area contributed by atoms with E-state index in [9.17, 15) is 4.79 Å². The molecule has 5 rings (SSSR count). The van der Waals surface area contributed by atoms with E-state index in [4.69, 9.17) is 0 Å². The lowest BCUT2D eigenvalue weighted by Crippen LogP contribution is -3.10. The summed E-state index contributed by atoms with van der Waals surface area (Å²) in [4.78, 5) is 17.6. The number of pyridine rings is 1. The molecule has 0 amide bonds. The number of hydrogen-bond acceptors (Lipinski definition) is 4. The predicted octanol–water partition coefficient (Wildman–Crippen LogP) is 1.64. The van der Waals surface area contributed by atoms with E-state index in [1.807, 2.05) is 41.1 Å². The van der Waals surface area contributed by atoms with E-state index in [1.165, 1.54) is 10.5 Å². The Kier molecular flexibility index (Phi) is 4.88. The third kappa shape index (κ3) is 3.52. The van der Waals surface area contributed by atoms with E-state index in [2.05, 4.69) is 45.6 Å². The quantitative estimate of drug-likeness (QED) is 0.533. The fraction of sp³-hybridized carbons (Fsp3) is 0.304. The lowest BCUT2D eigenvalue weighted by molar-refractivity contribution is -0.914. The third-order valence-electron chi connectivity index (χ3n) is 5.99. The molecule has 30 heavy (non-hydrogen) atoms. The number of benzene rings is 2. The van der Waals surface area contributed by atoms with Crippen molar-refractivity contribution in [2.45, 2.75) is 32.4 Å². The maximum Gasteiger partial charge on any atom is 0.258 e. The first-order valence-electron chi connectivity index (χ1n) is 10.5. The van der Waals surface area contributed by atoms with E-state index in [-0.39, 0.29) is 11.6 Å². The fourth-order valence-electron chi connectivity index (χ4n) is 4.50. The molecule has 0 aliphatic carbocycles. The minimum Gasteiger partial charge on any atom is -0.322 e. The second kappa shape index (κ2) is 7.84. The van der Waals surface area contributed by atoms with Crippen molar-refractivity contribution in [2.24, 2.45) is 0 Å². The normalized spacial score (nSPS) is 15.6. The molecule has 0 unspecified atom stereocenters. The van der Waals surface area contributed by atoms with Gasteiger partial charge < -0.3 is 9.88 Å². The second-order valence-electron chi connectivity index (χ2n) is 8.12. The Labute approximate surface area is 174 Å². The molecule has 0 bridgehead atoms. The molecule has 2 aromatic heterocycles. The van der Waals surface area contributed by atoms with Gasteiger partial charge in [0, 0.05) is 18.4 Å². The summed E-state index contributed by atoms with van der Waals surface area (Å²) in [5.74, 6) is 0.744. The Balaban J connectivity index is 1.63. The van der Waals surface area contributed by atoms with Crippen LogP contribution in [0.4, 0.5) is 0 Å². The van der Waals surface area contributed by atoms with Gasteiger partial charge in [-0.15, -0.1) is 5.10 Å². The molecule has 1 atom stereocenters. The van der Waals surface area contributed by atoms with Crippen LogP contribution in [-0.4, -0.2) is 38.3 Å². The zero-order valence-corrected chi connectivity index (χ0v) is 17.0. The van der Waals surface area contributed by atoms with Gasteiger partial charge in [0.1, 0.15) is 0 Å². The molecule has 1 aliphatic rings. The van der Waals surface area contributed by atoms with E-state index in [0.29, 0.717) is 6.54 Å². The van der Waals surface area contributed by atoms with Gasteiger partial charge in [0.2, 0.25) is 5.82 Å². The van der Waals surface area contributed by atoms with Crippen molar-refractivity contribution < 1.29 is 4.90 Å². The van der Waals surface area contributed by atoms with Gasteiger partial charge in [-0.25, -0.2) is 4.68 Å². The summed E-state index contributed by atoms with van der Waals surface area (Å²) >= 11 is 0. The van der Waals surface area contributed by atoms with Gasteiger partial charge in [-0.3, -0.25) is 4.79 Å². The number of aromatic amines is 1.